The van der Waals surface area contributed by atoms with Gasteiger partial charge in [-0.3, -0.25) is 9.55 Å². The fourth-order valence-electron chi connectivity index (χ4n) is 1.62. The number of rotatable bonds is 1. The Bertz CT molecular complexity index is 730. The first kappa shape index (κ1) is 9.98. The van der Waals surface area contributed by atoms with E-state index in [2.05, 4.69) is 19.9 Å². The molecule has 0 aliphatic rings. The number of aromatic amines is 1. The fourth-order valence-corrected chi connectivity index (χ4v) is 1.72. The van der Waals surface area contributed by atoms with Crippen LogP contribution < -0.4 is 5.69 Å². The van der Waals surface area contributed by atoms with Gasteiger partial charge in [-0.15, -0.1) is 0 Å². The fraction of sp³-hybridized carbons (Fsp3) is 0. The third-order valence-electron chi connectivity index (χ3n) is 2.32. The lowest BCUT2D eigenvalue weighted by Crippen LogP contribution is -2.14. The van der Waals surface area contributed by atoms with E-state index >= 15 is 0 Å². The number of nitrogens with one attached hydrogen (secondary N) is 1. The van der Waals surface area contributed by atoms with Crippen molar-refractivity contribution in [2.24, 2.45) is 0 Å². The maximum atomic E-state index is 11.8. The van der Waals surface area contributed by atoms with Gasteiger partial charge in [-0.05, 0) is 23.7 Å². The summed E-state index contributed by atoms with van der Waals surface area (Å²) in [6.45, 7) is 0. The molecule has 6 nitrogen and oxygen atoms in total. The first-order chi connectivity index (χ1) is 8.25. The Morgan fingerprint density at radius 2 is 2.00 bits per heavy atom. The minimum atomic E-state index is -0.287. The van der Waals surface area contributed by atoms with Crippen LogP contribution in [0.15, 0.2) is 35.5 Å². The number of fused-ring (bicyclic) bond motifs is 1. The minimum absolute atomic E-state index is 0.139. The van der Waals surface area contributed by atoms with E-state index in [0.717, 1.165) is 0 Å². The van der Waals surface area contributed by atoms with Crippen LogP contribution in [0.1, 0.15) is 0 Å². The van der Waals surface area contributed by atoms with Crippen molar-refractivity contribution in [2.45, 2.75) is 0 Å². The van der Waals surface area contributed by atoms with Gasteiger partial charge in [0.25, 0.3) is 0 Å². The van der Waals surface area contributed by atoms with Crippen molar-refractivity contribution in [3.05, 3.63) is 46.5 Å². The molecule has 0 aromatic carbocycles. The van der Waals surface area contributed by atoms with E-state index in [9.17, 15) is 4.79 Å². The van der Waals surface area contributed by atoms with E-state index in [4.69, 9.17) is 11.6 Å². The lowest BCUT2D eigenvalue weighted by atomic mass is 10.4. The number of hydrogen-bond acceptors (Lipinski definition) is 4. The van der Waals surface area contributed by atoms with Crippen molar-refractivity contribution >= 4 is 22.8 Å². The molecule has 17 heavy (non-hydrogen) atoms. The third-order valence-corrected chi connectivity index (χ3v) is 2.52. The van der Waals surface area contributed by atoms with Gasteiger partial charge in [0.1, 0.15) is 0 Å². The zero-order chi connectivity index (χ0) is 11.8. The third kappa shape index (κ3) is 1.58. The molecule has 7 heteroatoms. The average Bonchev–Trinajstić information content (AvgIpc) is 2.66. The molecule has 1 N–H and O–H groups in total. The van der Waals surface area contributed by atoms with Crippen molar-refractivity contribution in [1.29, 1.82) is 0 Å². The predicted molar refractivity (Wildman–Crippen MR) is 62.3 cm³/mol. The zero-order valence-corrected chi connectivity index (χ0v) is 9.22. The zero-order valence-electron chi connectivity index (χ0n) is 8.46. The Morgan fingerprint density at radius 3 is 2.76 bits per heavy atom. The molecule has 0 fully saturated rings. The van der Waals surface area contributed by atoms with Gasteiger partial charge in [-0.2, -0.15) is 0 Å². The standard InChI is InChI=1S/C10H6ClN5O/c11-9-13-4-6(5-14-9)16-7-2-1-3-12-8(7)15-10(16)17/h1-5H,(H,12,15,17). The van der Waals surface area contributed by atoms with E-state index in [0.29, 0.717) is 16.9 Å². The van der Waals surface area contributed by atoms with E-state index in [1.54, 1.807) is 18.3 Å². The van der Waals surface area contributed by atoms with Crippen molar-refractivity contribution in [3.8, 4) is 5.69 Å². The SMILES string of the molecule is O=c1[nH]c2ncccc2n1-c1cnc(Cl)nc1. The first-order valence-corrected chi connectivity index (χ1v) is 5.17. The molecule has 0 unspecified atom stereocenters. The van der Waals surface area contributed by atoms with Gasteiger partial charge in [-0.1, -0.05) is 0 Å². The van der Waals surface area contributed by atoms with Crippen LogP contribution in [0, 0.1) is 0 Å². The summed E-state index contributed by atoms with van der Waals surface area (Å²) < 4.78 is 1.44. The summed E-state index contributed by atoms with van der Waals surface area (Å²) in [5.74, 6) is 0. The van der Waals surface area contributed by atoms with Crippen molar-refractivity contribution in [2.75, 3.05) is 0 Å². The van der Waals surface area contributed by atoms with Crippen molar-refractivity contribution in [3.63, 3.8) is 0 Å². The van der Waals surface area contributed by atoms with Gasteiger partial charge in [0.15, 0.2) is 5.65 Å². The molecule has 0 saturated heterocycles. The molecule has 0 aliphatic carbocycles. The summed E-state index contributed by atoms with van der Waals surface area (Å²) in [5.41, 5.74) is 1.44. The minimum Gasteiger partial charge on any atom is -0.290 e. The summed E-state index contributed by atoms with van der Waals surface area (Å²) in [7, 11) is 0. The topological polar surface area (TPSA) is 76.5 Å². The lowest BCUT2D eigenvalue weighted by molar-refractivity contribution is 0.981. The Kier molecular flexibility index (Phi) is 2.15. The van der Waals surface area contributed by atoms with E-state index in [1.807, 2.05) is 0 Å². The Morgan fingerprint density at radius 1 is 1.24 bits per heavy atom. The van der Waals surface area contributed by atoms with E-state index in [-0.39, 0.29) is 11.0 Å². The maximum absolute atomic E-state index is 11.8. The Hall–Kier alpha value is -2.21. The molecule has 3 heterocycles. The summed E-state index contributed by atoms with van der Waals surface area (Å²) in [6.07, 6.45) is 4.58. The van der Waals surface area contributed by atoms with Crippen LogP contribution in [0.2, 0.25) is 5.28 Å². The van der Waals surface area contributed by atoms with Crippen LogP contribution in [0.5, 0.6) is 0 Å². The second kappa shape index (κ2) is 3.67. The number of pyridine rings is 1. The second-order valence-electron chi connectivity index (χ2n) is 3.35. The highest BCUT2D eigenvalue weighted by Crippen LogP contribution is 2.12. The van der Waals surface area contributed by atoms with Crippen LogP contribution in [0.4, 0.5) is 0 Å². The predicted octanol–water partition coefficient (Wildman–Crippen LogP) is 1.16. The summed E-state index contributed by atoms with van der Waals surface area (Å²) in [5, 5.41) is 0.139. The molecule has 0 bridgehead atoms. The monoisotopic (exact) mass is 247 g/mol. The molecular weight excluding hydrogens is 242 g/mol. The average molecular weight is 248 g/mol. The van der Waals surface area contributed by atoms with E-state index in [1.165, 1.54) is 17.0 Å². The number of imidazole rings is 1. The van der Waals surface area contributed by atoms with Crippen LogP contribution in [-0.4, -0.2) is 24.5 Å². The smallest absolute Gasteiger partial charge is 0.290 e. The lowest BCUT2D eigenvalue weighted by Gasteiger charge is -2.00. The summed E-state index contributed by atoms with van der Waals surface area (Å²) in [6, 6.07) is 3.54. The molecule has 0 saturated carbocycles. The Balaban J connectivity index is 2.33. The van der Waals surface area contributed by atoms with Gasteiger partial charge < -0.3 is 0 Å². The number of hydrogen-bond donors (Lipinski definition) is 1. The van der Waals surface area contributed by atoms with Crippen LogP contribution in [0.3, 0.4) is 0 Å². The van der Waals surface area contributed by atoms with Crippen LogP contribution >= 0.6 is 11.6 Å². The Labute approximate surface area is 99.9 Å². The number of halogens is 1. The van der Waals surface area contributed by atoms with Gasteiger partial charge >= 0.3 is 5.69 Å². The number of H-pyrrole nitrogens is 1. The van der Waals surface area contributed by atoms with Gasteiger partial charge in [-0.25, -0.2) is 19.7 Å². The van der Waals surface area contributed by atoms with Crippen LogP contribution in [-0.2, 0) is 0 Å². The second-order valence-corrected chi connectivity index (χ2v) is 3.69. The van der Waals surface area contributed by atoms with E-state index < -0.39 is 0 Å². The summed E-state index contributed by atoms with van der Waals surface area (Å²) in [4.78, 5) is 26.2. The molecule has 3 rings (SSSR count). The highest BCUT2D eigenvalue weighted by molar-refractivity contribution is 6.28. The van der Waals surface area contributed by atoms with Crippen molar-refractivity contribution < 1.29 is 0 Å². The molecule has 0 amide bonds. The molecule has 84 valence electrons. The summed E-state index contributed by atoms with van der Waals surface area (Å²) >= 11 is 5.60. The van der Waals surface area contributed by atoms with Gasteiger partial charge in [0.2, 0.25) is 5.28 Å². The molecule has 3 aromatic rings. The molecule has 0 radical (unpaired) electrons. The van der Waals surface area contributed by atoms with Gasteiger partial charge in [0.05, 0.1) is 23.6 Å². The first-order valence-electron chi connectivity index (χ1n) is 4.79. The molecule has 0 aliphatic heterocycles. The number of aromatic nitrogens is 5. The normalized spacial score (nSPS) is 10.9. The molecular formula is C10H6ClN5O. The highest BCUT2D eigenvalue weighted by atomic mass is 35.5. The largest absolute Gasteiger partial charge is 0.332 e. The highest BCUT2D eigenvalue weighted by Gasteiger charge is 2.09. The molecule has 0 spiro atoms. The van der Waals surface area contributed by atoms with Crippen molar-refractivity contribution in [1.82, 2.24) is 24.5 Å². The van der Waals surface area contributed by atoms with Gasteiger partial charge in [0, 0.05) is 6.20 Å². The molecule has 0 atom stereocenters. The van der Waals surface area contributed by atoms with Crippen LogP contribution in [0.25, 0.3) is 16.9 Å². The number of nitrogens with zero attached hydrogens (tertiary/aromatic N) is 4. The molecule has 3 aromatic heterocycles. The quantitative estimate of drug-likeness (QED) is 0.655. The maximum Gasteiger partial charge on any atom is 0.332 e.